The second-order valence-corrected chi connectivity index (χ2v) is 6.50. The molecule has 0 saturated carbocycles. The molecule has 1 saturated heterocycles. The fourth-order valence-corrected chi connectivity index (χ4v) is 3.18. The van der Waals surface area contributed by atoms with Crippen molar-refractivity contribution in [3.8, 4) is 0 Å². The van der Waals surface area contributed by atoms with E-state index in [1.165, 1.54) is 0 Å². The molecule has 5 heteroatoms. The van der Waals surface area contributed by atoms with Gasteiger partial charge in [0.1, 0.15) is 0 Å². The number of likely N-dealkylation sites (tertiary alicyclic amines) is 1. The van der Waals surface area contributed by atoms with Crippen LogP contribution in [0.25, 0.3) is 0 Å². The molecule has 2 atom stereocenters. The number of hydrogen-bond acceptors (Lipinski definition) is 2. The Kier molecular flexibility index (Phi) is 4.67. The molecule has 2 N–H and O–H groups in total. The Balaban J connectivity index is 2.26. The van der Waals surface area contributed by atoms with Crippen LogP contribution in [-0.2, 0) is 4.79 Å². The first-order valence-electron chi connectivity index (χ1n) is 6.77. The summed E-state index contributed by atoms with van der Waals surface area (Å²) in [7, 11) is 0. The number of rotatable bonds is 2. The van der Waals surface area contributed by atoms with E-state index in [2.05, 4.69) is 22.6 Å². The van der Waals surface area contributed by atoms with Crippen molar-refractivity contribution in [3.63, 3.8) is 0 Å². The predicted molar refractivity (Wildman–Crippen MR) is 86.3 cm³/mol. The number of nitrogens with zero attached hydrogens (tertiary/aromatic N) is 1. The molecule has 0 radical (unpaired) electrons. The molecule has 1 aliphatic heterocycles. The summed E-state index contributed by atoms with van der Waals surface area (Å²) in [6, 6.07) is 5.88. The average Bonchev–Trinajstić information content (AvgIpc) is 2.41. The number of piperidine rings is 1. The predicted octanol–water partition coefficient (Wildman–Crippen LogP) is 2.33. The zero-order valence-corrected chi connectivity index (χ0v) is 13.9. The number of carbonyl (C=O) groups excluding carboxylic acids is 2. The third kappa shape index (κ3) is 2.97. The maximum Gasteiger partial charge on any atom is 0.255 e. The molecule has 4 nitrogen and oxygen atoms in total. The fourth-order valence-electron chi connectivity index (χ4n) is 2.59. The molecule has 20 heavy (non-hydrogen) atoms. The van der Waals surface area contributed by atoms with E-state index in [9.17, 15) is 9.59 Å². The number of primary amides is 1. The van der Waals surface area contributed by atoms with Crippen LogP contribution in [0.5, 0.6) is 0 Å². The van der Waals surface area contributed by atoms with Crippen LogP contribution in [0.1, 0.15) is 35.7 Å². The molecule has 1 fully saturated rings. The second kappa shape index (κ2) is 6.11. The minimum Gasteiger partial charge on any atom is -0.369 e. The topological polar surface area (TPSA) is 63.4 Å². The maximum absolute atomic E-state index is 12.7. The van der Waals surface area contributed by atoms with Crippen molar-refractivity contribution < 1.29 is 9.59 Å². The lowest BCUT2D eigenvalue weighted by atomic mass is 9.92. The molecule has 2 rings (SSSR count). The van der Waals surface area contributed by atoms with Gasteiger partial charge in [-0.15, -0.1) is 0 Å². The van der Waals surface area contributed by atoms with Crippen LogP contribution in [0.2, 0.25) is 0 Å². The van der Waals surface area contributed by atoms with E-state index < -0.39 is 0 Å². The summed E-state index contributed by atoms with van der Waals surface area (Å²) >= 11 is 2.20. The van der Waals surface area contributed by atoms with Crippen LogP contribution in [0.15, 0.2) is 18.2 Å². The lowest BCUT2D eigenvalue weighted by Gasteiger charge is -2.37. The summed E-state index contributed by atoms with van der Waals surface area (Å²) in [5.41, 5.74) is 7.19. The van der Waals surface area contributed by atoms with Gasteiger partial charge in [0, 0.05) is 16.2 Å². The van der Waals surface area contributed by atoms with E-state index in [0.29, 0.717) is 12.1 Å². The van der Waals surface area contributed by atoms with Crippen LogP contribution >= 0.6 is 22.6 Å². The van der Waals surface area contributed by atoms with Gasteiger partial charge in [-0.25, -0.2) is 0 Å². The second-order valence-electron chi connectivity index (χ2n) is 5.42. The number of halogens is 1. The number of nitrogens with two attached hydrogens (primary N) is 1. The van der Waals surface area contributed by atoms with Gasteiger partial charge in [0.2, 0.25) is 5.91 Å². The number of hydrogen-bond donors (Lipinski definition) is 1. The first-order valence-corrected chi connectivity index (χ1v) is 7.85. The molecular formula is C15H19IN2O2. The van der Waals surface area contributed by atoms with Crippen LogP contribution in [-0.4, -0.2) is 29.3 Å². The van der Waals surface area contributed by atoms with Crippen LogP contribution in [0.4, 0.5) is 0 Å². The molecule has 0 spiro atoms. The van der Waals surface area contributed by atoms with Crippen molar-refractivity contribution in [3.05, 3.63) is 32.9 Å². The summed E-state index contributed by atoms with van der Waals surface area (Å²) in [6.45, 7) is 4.45. The quantitative estimate of drug-likeness (QED) is 0.794. The highest BCUT2D eigenvalue weighted by molar-refractivity contribution is 14.1. The SMILES string of the molecule is Cc1cccc(C(=O)N2CC(C(N)=O)CCC2C)c1I. The number of benzene rings is 1. The van der Waals surface area contributed by atoms with Gasteiger partial charge in [-0.05, 0) is 60.9 Å². The van der Waals surface area contributed by atoms with Gasteiger partial charge in [0.05, 0.1) is 11.5 Å². The van der Waals surface area contributed by atoms with E-state index in [1.807, 2.05) is 32.0 Å². The molecule has 0 aliphatic carbocycles. The number of amides is 2. The Morgan fingerprint density at radius 3 is 2.70 bits per heavy atom. The van der Waals surface area contributed by atoms with Gasteiger partial charge >= 0.3 is 0 Å². The Hall–Kier alpha value is -1.11. The minimum absolute atomic E-state index is 0.00319. The lowest BCUT2D eigenvalue weighted by molar-refractivity contribution is -0.123. The Labute approximate surface area is 132 Å². The van der Waals surface area contributed by atoms with Crippen molar-refractivity contribution in [2.45, 2.75) is 32.7 Å². The standard InChI is InChI=1S/C15H19IN2O2/c1-9-4-3-5-12(13(9)16)15(20)18-8-11(14(17)19)7-6-10(18)2/h3-5,10-11H,6-8H2,1-2H3,(H2,17,19). The zero-order chi connectivity index (χ0) is 14.9. The molecular weight excluding hydrogens is 367 g/mol. The Morgan fingerprint density at radius 2 is 2.05 bits per heavy atom. The molecule has 0 bridgehead atoms. The smallest absolute Gasteiger partial charge is 0.255 e. The summed E-state index contributed by atoms with van der Waals surface area (Å²) < 4.78 is 0.975. The Bertz CT molecular complexity index is 545. The average molecular weight is 386 g/mol. The van der Waals surface area contributed by atoms with E-state index >= 15 is 0 Å². The summed E-state index contributed by atoms with van der Waals surface area (Å²) in [4.78, 5) is 25.9. The summed E-state index contributed by atoms with van der Waals surface area (Å²) in [6.07, 6.45) is 1.59. The number of carbonyl (C=O) groups is 2. The molecule has 2 amide bonds. The summed E-state index contributed by atoms with van der Waals surface area (Å²) in [5.74, 6) is -0.539. The zero-order valence-electron chi connectivity index (χ0n) is 11.7. The highest BCUT2D eigenvalue weighted by Crippen LogP contribution is 2.26. The van der Waals surface area contributed by atoms with Gasteiger partial charge in [-0.2, -0.15) is 0 Å². The monoisotopic (exact) mass is 386 g/mol. The highest BCUT2D eigenvalue weighted by Gasteiger charge is 2.32. The molecule has 1 aliphatic rings. The largest absolute Gasteiger partial charge is 0.369 e. The maximum atomic E-state index is 12.7. The van der Waals surface area contributed by atoms with Gasteiger partial charge in [0.15, 0.2) is 0 Å². The van der Waals surface area contributed by atoms with Gasteiger partial charge in [-0.3, -0.25) is 9.59 Å². The van der Waals surface area contributed by atoms with Crippen LogP contribution in [0, 0.1) is 16.4 Å². The lowest BCUT2D eigenvalue weighted by Crippen LogP contribution is -2.48. The molecule has 1 heterocycles. The van der Waals surface area contributed by atoms with E-state index in [-0.39, 0.29) is 23.8 Å². The first-order chi connectivity index (χ1) is 9.41. The number of aryl methyl sites for hydroxylation is 1. The Morgan fingerprint density at radius 1 is 1.35 bits per heavy atom. The van der Waals surface area contributed by atoms with Crippen molar-refractivity contribution in [2.75, 3.05) is 6.54 Å². The van der Waals surface area contributed by atoms with Crippen molar-refractivity contribution in [1.82, 2.24) is 4.90 Å². The minimum atomic E-state index is -0.311. The molecule has 2 unspecified atom stereocenters. The van der Waals surface area contributed by atoms with Gasteiger partial charge < -0.3 is 10.6 Å². The van der Waals surface area contributed by atoms with E-state index in [1.54, 1.807) is 4.90 Å². The van der Waals surface area contributed by atoms with Crippen molar-refractivity contribution >= 4 is 34.4 Å². The van der Waals surface area contributed by atoms with E-state index in [0.717, 1.165) is 22.0 Å². The van der Waals surface area contributed by atoms with Crippen molar-refractivity contribution in [1.29, 1.82) is 0 Å². The van der Waals surface area contributed by atoms with Crippen LogP contribution in [0.3, 0.4) is 0 Å². The third-order valence-electron chi connectivity index (χ3n) is 3.97. The molecule has 0 aromatic heterocycles. The third-order valence-corrected chi connectivity index (χ3v) is 5.40. The molecule has 1 aromatic carbocycles. The van der Waals surface area contributed by atoms with Gasteiger partial charge in [0.25, 0.3) is 5.91 Å². The van der Waals surface area contributed by atoms with Crippen molar-refractivity contribution in [2.24, 2.45) is 11.7 Å². The molecule has 108 valence electrons. The normalized spacial score (nSPS) is 22.6. The van der Waals surface area contributed by atoms with Crippen LogP contribution < -0.4 is 5.73 Å². The molecule has 1 aromatic rings. The highest BCUT2D eigenvalue weighted by atomic mass is 127. The van der Waals surface area contributed by atoms with Gasteiger partial charge in [-0.1, -0.05) is 12.1 Å². The fraction of sp³-hybridized carbons (Fsp3) is 0.467. The summed E-state index contributed by atoms with van der Waals surface area (Å²) in [5, 5.41) is 0. The van der Waals surface area contributed by atoms with E-state index in [4.69, 9.17) is 5.73 Å². The first kappa shape index (κ1) is 15.3.